The van der Waals surface area contributed by atoms with Crippen molar-refractivity contribution in [2.75, 3.05) is 0 Å². The fourth-order valence-electron chi connectivity index (χ4n) is 3.72. The number of fused-ring (bicyclic) bond motifs is 7. The summed E-state index contributed by atoms with van der Waals surface area (Å²) < 4.78 is 0. The van der Waals surface area contributed by atoms with Crippen molar-refractivity contribution < 1.29 is 0 Å². The highest BCUT2D eigenvalue weighted by Gasteiger charge is 2.33. The van der Waals surface area contributed by atoms with Crippen LogP contribution in [0.5, 0.6) is 0 Å². The normalized spacial score (nSPS) is 20.9. The van der Waals surface area contributed by atoms with Crippen molar-refractivity contribution in [2.45, 2.75) is 12.8 Å². The standard InChI is InChI=1S/C21H15N/c1-2-9-16-12-14(6-1)7-5-11-19-20(16)18-13-15-8-3-4-10-17(15)21(18)22-19/h1-11H,12-13H2. The zero-order valence-corrected chi connectivity index (χ0v) is 12.2. The van der Waals surface area contributed by atoms with Gasteiger partial charge in [-0.3, -0.25) is 0 Å². The van der Waals surface area contributed by atoms with Crippen molar-refractivity contribution >= 4 is 5.71 Å². The predicted octanol–water partition coefficient (Wildman–Crippen LogP) is 4.61. The van der Waals surface area contributed by atoms with E-state index in [1.807, 2.05) is 0 Å². The summed E-state index contributed by atoms with van der Waals surface area (Å²) in [6.45, 7) is 0. The summed E-state index contributed by atoms with van der Waals surface area (Å²) in [6.07, 6.45) is 17.2. The molecule has 0 amide bonds. The monoisotopic (exact) mass is 281 g/mol. The van der Waals surface area contributed by atoms with E-state index in [4.69, 9.17) is 4.99 Å². The Bertz CT molecular complexity index is 911. The van der Waals surface area contributed by atoms with Crippen LogP contribution in [0.1, 0.15) is 17.5 Å². The molecule has 22 heavy (non-hydrogen) atoms. The second-order valence-corrected chi connectivity index (χ2v) is 6.05. The molecule has 0 N–H and O–H groups in total. The second kappa shape index (κ2) is 4.41. The second-order valence-electron chi connectivity index (χ2n) is 6.05. The van der Waals surface area contributed by atoms with E-state index in [1.54, 1.807) is 0 Å². The van der Waals surface area contributed by atoms with Crippen molar-refractivity contribution in [1.82, 2.24) is 0 Å². The first-order valence-electron chi connectivity index (χ1n) is 7.76. The summed E-state index contributed by atoms with van der Waals surface area (Å²) >= 11 is 0. The van der Waals surface area contributed by atoms with E-state index >= 15 is 0 Å². The van der Waals surface area contributed by atoms with Gasteiger partial charge in [-0.25, -0.2) is 4.99 Å². The molecule has 1 heterocycles. The van der Waals surface area contributed by atoms with Gasteiger partial charge in [0.2, 0.25) is 0 Å². The molecule has 0 saturated heterocycles. The van der Waals surface area contributed by atoms with Crippen LogP contribution in [0.4, 0.5) is 0 Å². The first-order chi connectivity index (χ1) is 10.9. The Morgan fingerprint density at radius 3 is 2.77 bits per heavy atom. The zero-order chi connectivity index (χ0) is 14.5. The lowest BCUT2D eigenvalue weighted by atomic mass is 9.90. The van der Waals surface area contributed by atoms with E-state index in [9.17, 15) is 0 Å². The van der Waals surface area contributed by atoms with E-state index in [2.05, 4.69) is 66.8 Å². The minimum atomic E-state index is 0.985. The van der Waals surface area contributed by atoms with Crippen LogP contribution in [0, 0.1) is 0 Å². The Labute approximate surface area is 130 Å². The number of aliphatic imine (C=N–C) groups is 1. The summed E-state index contributed by atoms with van der Waals surface area (Å²) in [7, 11) is 0. The van der Waals surface area contributed by atoms with Gasteiger partial charge in [0.1, 0.15) is 0 Å². The summed E-state index contributed by atoms with van der Waals surface area (Å²) in [5.74, 6) is 0. The summed E-state index contributed by atoms with van der Waals surface area (Å²) in [6, 6.07) is 8.66. The number of allylic oxidation sites excluding steroid dienone is 10. The van der Waals surface area contributed by atoms with Gasteiger partial charge >= 0.3 is 0 Å². The molecule has 4 aliphatic rings. The number of hydrogen-bond donors (Lipinski definition) is 0. The molecule has 0 spiro atoms. The van der Waals surface area contributed by atoms with Crippen LogP contribution in [0.3, 0.4) is 0 Å². The summed E-state index contributed by atoms with van der Waals surface area (Å²) in [5.41, 5.74) is 10.5. The molecule has 0 aromatic heterocycles. The van der Waals surface area contributed by atoms with Gasteiger partial charge in [-0.1, -0.05) is 60.7 Å². The molecule has 5 rings (SSSR count). The van der Waals surface area contributed by atoms with E-state index in [-0.39, 0.29) is 0 Å². The lowest BCUT2D eigenvalue weighted by molar-refractivity contribution is 1.12. The molecule has 3 aliphatic carbocycles. The lowest BCUT2D eigenvalue weighted by Gasteiger charge is -2.13. The van der Waals surface area contributed by atoms with Crippen molar-refractivity contribution in [3.63, 3.8) is 0 Å². The van der Waals surface area contributed by atoms with Crippen molar-refractivity contribution in [1.29, 1.82) is 0 Å². The van der Waals surface area contributed by atoms with Crippen LogP contribution in [-0.4, -0.2) is 5.71 Å². The summed E-state index contributed by atoms with van der Waals surface area (Å²) in [5, 5.41) is 0. The first-order valence-corrected chi connectivity index (χ1v) is 7.76. The third-order valence-electron chi connectivity index (χ3n) is 4.71. The van der Waals surface area contributed by atoms with Gasteiger partial charge in [0.15, 0.2) is 0 Å². The average molecular weight is 281 g/mol. The van der Waals surface area contributed by atoms with Crippen LogP contribution in [0.25, 0.3) is 0 Å². The van der Waals surface area contributed by atoms with Gasteiger partial charge in [0.05, 0.1) is 11.4 Å². The van der Waals surface area contributed by atoms with E-state index in [0.29, 0.717) is 0 Å². The molecule has 0 saturated carbocycles. The molecule has 0 fully saturated rings. The minimum absolute atomic E-state index is 0.985. The Morgan fingerprint density at radius 2 is 1.77 bits per heavy atom. The van der Waals surface area contributed by atoms with Crippen LogP contribution in [-0.2, 0) is 6.42 Å². The largest absolute Gasteiger partial charge is 0.247 e. The van der Waals surface area contributed by atoms with E-state index in [0.717, 1.165) is 18.5 Å². The Hall–Kier alpha value is -2.67. The average Bonchev–Trinajstić information content (AvgIpc) is 2.92. The number of nitrogens with zero attached hydrogens (tertiary/aromatic N) is 1. The molecule has 1 aliphatic heterocycles. The van der Waals surface area contributed by atoms with Gasteiger partial charge in [-0.15, -0.1) is 0 Å². The Kier molecular flexibility index (Phi) is 2.39. The van der Waals surface area contributed by atoms with Gasteiger partial charge in [-0.2, -0.15) is 0 Å². The SMILES string of the molecule is C1=CC=C2CC(=C1)C=CC=C1N=C3C(=C21)Cc1ccccc13. The smallest absolute Gasteiger partial charge is 0.0754 e. The van der Waals surface area contributed by atoms with Crippen molar-refractivity contribution in [2.24, 2.45) is 4.99 Å². The molecule has 1 nitrogen and oxygen atoms in total. The minimum Gasteiger partial charge on any atom is -0.247 e. The van der Waals surface area contributed by atoms with Crippen molar-refractivity contribution in [3.8, 4) is 0 Å². The van der Waals surface area contributed by atoms with Crippen LogP contribution < -0.4 is 0 Å². The topological polar surface area (TPSA) is 12.4 Å². The molecule has 104 valence electrons. The molecule has 1 heteroatoms. The van der Waals surface area contributed by atoms with Crippen LogP contribution >= 0.6 is 0 Å². The quantitative estimate of drug-likeness (QED) is 0.658. The van der Waals surface area contributed by atoms with Crippen LogP contribution in [0.15, 0.2) is 99.8 Å². The lowest BCUT2D eigenvalue weighted by Crippen LogP contribution is -1.99. The third kappa shape index (κ3) is 1.62. The number of rotatable bonds is 0. The molecule has 1 aromatic carbocycles. The maximum absolute atomic E-state index is 4.96. The predicted molar refractivity (Wildman–Crippen MR) is 90.9 cm³/mol. The maximum atomic E-state index is 4.96. The van der Waals surface area contributed by atoms with E-state index < -0.39 is 0 Å². The number of hydrogen-bond acceptors (Lipinski definition) is 1. The van der Waals surface area contributed by atoms with Crippen molar-refractivity contribution in [3.05, 3.63) is 106 Å². The highest BCUT2D eigenvalue weighted by molar-refractivity contribution is 6.20. The molecular weight excluding hydrogens is 266 g/mol. The molecule has 0 radical (unpaired) electrons. The Balaban J connectivity index is 1.77. The van der Waals surface area contributed by atoms with Gasteiger partial charge in [0, 0.05) is 17.6 Å². The highest BCUT2D eigenvalue weighted by Crippen LogP contribution is 2.42. The maximum Gasteiger partial charge on any atom is 0.0754 e. The fraction of sp³-hybridized carbons (Fsp3) is 0.0952. The first kappa shape index (κ1) is 11.9. The molecule has 0 unspecified atom stereocenters. The van der Waals surface area contributed by atoms with Crippen LogP contribution in [0.2, 0.25) is 0 Å². The van der Waals surface area contributed by atoms with Gasteiger partial charge < -0.3 is 0 Å². The van der Waals surface area contributed by atoms with Gasteiger partial charge in [0.25, 0.3) is 0 Å². The zero-order valence-electron chi connectivity index (χ0n) is 12.2. The molecule has 0 atom stereocenters. The molecule has 1 aromatic rings. The molecule has 2 bridgehead atoms. The number of benzene rings is 1. The highest BCUT2D eigenvalue weighted by atomic mass is 14.8. The molecular formula is C21H15N. The van der Waals surface area contributed by atoms with Gasteiger partial charge in [-0.05, 0) is 34.8 Å². The Morgan fingerprint density at radius 1 is 0.864 bits per heavy atom. The summed E-state index contributed by atoms with van der Waals surface area (Å²) in [4.78, 5) is 4.96. The fourth-order valence-corrected chi connectivity index (χ4v) is 3.72. The third-order valence-corrected chi connectivity index (χ3v) is 4.71. The van der Waals surface area contributed by atoms with E-state index in [1.165, 1.54) is 39.1 Å².